The van der Waals surface area contributed by atoms with Gasteiger partial charge in [-0.1, -0.05) is 176 Å². The van der Waals surface area contributed by atoms with Gasteiger partial charge in [0.2, 0.25) is 0 Å². The summed E-state index contributed by atoms with van der Waals surface area (Å²) in [7, 11) is 0. The zero-order chi connectivity index (χ0) is 36.6. The van der Waals surface area contributed by atoms with E-state index in [0.29, 0.717) is 0 Å². The van der Waals surface area contributed by atoms with Crippen molar-refractivity contribution in [2.24, 2.45) is 0 Å². The molecule has 1 nitrogen and oxygen atoms in total. The Morgan fingerprint density at radius 3 is 1.40 bits per heavy atom. The molecular formula is C54H37N. The maximum atomic E-state index is 2.38. The standard InChI is InChI=1S/C54H37N/c1-3-14-40(15-4-1)50-34-33-48(37-54(50)41-16-5-2-6-17-41)55(46-29-25-39(26-30-46)44-24-23-38-13-7-8-18-43(38)35-44)47-31-27-42(28-32-47)53-36-45-19-9-10-20-49(45)51-21-11-12-22-52(51)53/h1-37H. The van der Waals surface area contributed by atoms with E-state index in [1.165, 1.54) is 76.8 Å². The molecule has 0 saturated carbocycles. The van der Waals surface area contributed by atoms with Gasteiger partial charge in [0.15, 0.2) is 0 Å². The number of hydrogen-bond donors (Lipinski definition) is 0. The highest BCUT2D eigenvalue weighted by Crippen LogP contribution is 2.42. The average molecular weight is 700 g/mol. The van der Waals surface area contributed by atoms with Crippen LogP contribution in [-0.4, -0.2) is 0 Å². The molecule has 55 heavy (non-hydrogen) atoms. The molecule has 258 valence electrons. The number of hydrogen-bond acceptors (Lipinski definition) is 1. The van der Waals surface area contributed by atoms with Crippen LogP contribution in [-0.2, 0) is 0 Å². The van der Waals surface area contributed by atoms with Gasteiger partial charge in [-0.3, -0.25) is 0 Å². The van der Waals surface area contributed by atoms with Crippen molar-refractivity contribution in [3.8, 4) is 44.5 Å². The van der Waals surface area contributed by atoms with Gasteiger partial charge in [-0.05, 0) is 125 Å². The molecule has 1 heteroatoms. The van der Waals surface area contributed by atoms with Gasteiger partial charge in [-0.25, -0.2) is 0 Å². The lowest BCUT2D eigenvalue weighted by Gasteiger charge is -2.27. The Balaban J connectivity index is 1.11. The van der Waals surface area contributed by atoms with Crippen molar-refractivity contribution in [1.82, 2.24) is 0 Å². The molecule has 0 aliphatic heterocycles. The molecule has 10 rings (SSSR count). The zero-order valence-corrected chi connectivity index (χ0v) is 30.3. The zero-order valence-electron chi connectivity index (χ0n) is 30.3. The van der Waals surface area contributed by atoms with Gasteiger partial charge in [-0.15, -0.1) is 0 Å². The molecule has 10 aromatic rings. The summed E-state index contributed by atoms with van der Waals surface area (Å²) in [5.41, 5.74) is 12.9. The molecule has 0 saturated heterocycles. The smallest absolute Gasteiger partial charge is 0.0468 e. The minimum Gasteiger partial charge on any atom is -0.310 e. The Morgan fingerprint density at radius 1 is 0.218 bits per heavy atom. The number of rotatable bonds is 7. The second-order valence-corrected chi connectivity index (χ2v) is 14.1. The first-order chi connectivity index (χ1) is 27.3. The van der Waals surface area contributed by atoms with E-state index in [1.54, 1.807) is 0 Å². The van der Waals surface area contributed by atoms with Crippen LogP contribution in [0.15, 0.2) is 224 Å². The SMILES string of the molecule is c1ccc(-c2ccc(N(c3ccc(-c4ccc5ccccc5c4)cc3)c3ccc(-c4cc5ccccc5c5ccccc45)cc3)cc2-c2ccccc2)cc1. The van der Waals surface area contributed by atoms with Gasteiger partial charge < -0.3 is 4.90 Å². The fourth-order valence-electron chi connectivity index (χ4n) is 8.10. The maximum Gasteiger partial charge on any atom is 0.0468 e. The number of anilines is 3. The molecule has 0 heterocycles. The Kier molecular flexibility index (Phi) is 8.24. The molecule has 0 unspecified atom stereocenters. The highest BCUT2D eigenvalue weighted by atomic mass is 15.1. The van der Waals surface area contributed by atoms with Crippen LogP contribution in [0.3, 0.4) is 0 Å². The van der Waals surface area contributed by atoms with E-state index in [-0.39, 0.29) is 0 Å². The van der Waals surface area contributed by atoms with Crippen LogP contribution in [0.25, 0.3) is 76.8 Å². The van der Waals surface area contributed by atoms with Crippen molar-refractivity contribution < 1.29 is 0 Å². The lowest BCUT2D eigenvalue weighted by atomic mass is 9.93. The van der Waals surface area contributed by atoms with Crippen LogP contribution in [0.1, 0.15) is 0 Å². The van der Waals surface area contributed by atoms with Gasteiger partial charge in [0.25, 0.3) is 0 Å². The summed E-state index contributed by atoms with van der Waals surface area (Å²) in [4.78, 5) is 2.38. The first kappa shape index (κ1) is 32.4. The minimum atomic E-state index is 1.10. The van der Waals surface area contributed by atoms with E-state index in [0.717, 1.165) is 17.1 Å². The summed E-state index contributed by atoms with van der Waals surface area (Å²) in [6.45, 7) is 0. The Bertz CT molecular complexity index is 2950. The molecule has 0 atom stereocenters. The van der Waals surface area contributed by atoms with Crippen molar-refractivity contribution in [2.75, 3.05) is 4.90 Å². The molecule has 0 bridgehead atoms. The third kappa shape index (κ3) is 6.12. The molecule has 0 aliphatic rings. The van der Waals surface area contributed by atoms with Crippen molar-refractivity contribution in [2.45, 2.75) is 0 Å². The Hall–Kier alpha value is -7.22. The van der Waals surface area contributed by atoms with Crippen molar-refractivity contribution >= 4 is 49.4 Å². The summed E-state index contributed by atoms with van der Waals surface area (Å²) in [5, 5.41) is 7.57. The van der Waals surface area contributed by atoms with Crippen LogP contribution in [0, 0.1) is 0 Å². The maximum absolute atomic E-state index is 2.38. The largest absolute Gasteiger partial charge is 0.310 e. The normalized spacial score (nSPS) is 11.3. The lowest BCUT2D eigenvalue weighted by Crippen LogP contribution is -2.10. The molecule has 0 aliphatic carbocycles. The number of benzene rings is 10. The van der Waals surface area contributed by atoms with Gasteiger partial charge in [0.1, 0.15) is 0 Å². The first-order valence-corrected chi connectivity index (χ1v) is 18.9. The second-order valence-electron chi connectivity index (χ2n) is 14.1. The van der Waals surface area contributed by atoms with E-state index < -0.39 is 0 Å². The highest BCUT2D eigenvalue weighted by molar-refractivity contribution is 6.13. The molecule has 0 spiro atoms. The molecule has 0 radical (unpaired) electrons. The van der Waals surface area contributed by atoms with Crippen molar-refractivity contribution in [3.63, 3.8) is 0 Å². The predicted octanol–water partition coefficient (Wildman–Crippen LogP) is 15.3. The molecule has 0 fully saturated rings. The molecule has 10 aromatic carbocycles. The van der Waals surface area contributed by atoms with E-state index in [2.05, 4.69) is 229 Å². The van der Waals surface area contributed by atoms with Gasteiger partial charge in [0.05, 0.1) is 0 Å². The van der Waals surface area contributed by atoms with Gasteiger partial charge in [-0.2, -0.15) is 0 Å². The topological polar surface area (TPSA) is 3.24 Å². The summed E-state index contributed by atoms with van der Waals surface area (Å²) in [6.07, 6.45) is 0. The Labute approximate surface area is 322 Å². The summed E-state index contributed by atoms with van der Waals surface area (Å²) >= 11 is 0. The molecule has 0 N–H and O–H groups in total. The first-order valence-electron chi connectivity index (χ1n) is 18.9. The quantitative estimate of drug-likeness (QED) is 0.150. The predicted molar refractivity (Wildman–Crippen MR) is 235 cm³/mol. The fraction of sp³-hybridized carbons (Fsp3) is 0. The van der Waals surface area contributed by atoms with Crippen LogP contribution in [0.5, 0.6) is 0 Å². The van der Waals surface area contributed by atoms with Crippen molar-refractivity contribution in [1.29, 1.82) is 0 Å². The lowest BCUT2D eigenvalue weighted by molar-refractivity contribution is 1.28. The third-order valence-electron chi connectivity index (χ3n) is 10.8. The monoisotopic (exact) mass is 699 g/mol. The summed E-state index contributed by atoms with van der Waals surface area (Å²) < 4.78 is 0. The molecule has 0 amide bonds. The van der Waals surface area contributed by atoms with E-state index in [9.17, 15) is 0 Å². The van der Waals surface area contributed by atoms with Gasteiger partial charge >= 0.3 is 0 Å². The van der Waals surface area contributed by atoms with E-state index >= 15 is 0 Å². The van der Waals surface area contributed by atoms with Gasteiger partial charge in [0, 0.05) is 17.1 Å². The van der Waals surface area contributed by atoms with Crippen LogP contribution >= 0.6 is 0 Å². The van der Waals surface area contributed by atoms with Crippen molar-refractivity contribution in [3.05, 3.63) is 224 Å². The third-order valence-corrected chi connectivity index (χ3v) is 10.8. The second kappa shape index (κ2) is 14.0. The minimum absolute atomic E-state index is 1.10. The number of fused-ring (bicyclic) bond motifs is 4. The Morgan fingerprint density at radius 2 is 0.709 bits per heavy atom. The van der Waals surface area contributed by atoms with Crippen LogP contribution in [0.4, 0.5) is 17.1 Å². The highest BCUT2D eigenvalue weighted by Gasteiger charge is 2.18. The van der Waals surface area contributed by atoms with Crippen LogP contribution < -0.4 is 4.90 Å². The summed E-state index contributed by atoms with van der Waals surface area (Å²) in [5.74, 6) is 0. The summed E-state index contributed by atoms with van der Waals surface area (Å²) in [6, 6.07) is 81.5. The molecular weight excluding hydrogens is 663 g/mol. The molecule has 0 aromatic heterocycles. The van der Waals surface area contributed by atoms with E-state index in [4.69, 9.17) is 0 Å². The fourth-order valence-corrected chi connectivity index (χ4v) is 8.10. The van der Waals surface area contributed by atoms with E-state index in [1.807, 2.05) is 0 Å². The van der Waals surface area contributed by atoms with Crippen LogP contribution in [0.2, 0.25) is 0 Å². The number of nitrogens with zero attached hydrogens (tertiary/aromatic N) is 1. The average Bonchev–Trinajstić information content (AvgIpc) is 3.27.